The van der Waals surface area contributed by atoms with Gasteiger partial charge in [-0.05, 0) is 49.2 Å². The Balaban J connectivity index is 1.63. The largest absolute Gasteiger partial charge is 0.476 e. The van der Waals surface area contributed by atoms with Gasteiger partial charge in [-0.2, -0.15) is 0 Å². The predicted octanol–water partition coefficient (Wildman–Crippen LogP) is 3.58. The van der Waals surface area contributed by atoms with Gasteiger partial charge in [-0.25, -0.2) is 8.42 Å². The zero-order chi connectivity index (χ0) is 22.0. The maximum absolute atomic E-state index is 13.4. The second-order valence-corrected chi connectivity index (χ2v) is 9.49. The number of nitrogens with one attached hydrogen (secondary N) is 1. The Morgan fingerprint density at radius 2 is 1.68 bits per heavy atom. The van der Waals surface area contributed by atoms with Crippen molar-refractivity contribution in [2.24, 2.45) is 0 Å². The van der Waals surface area contributed by atoms with Crippen LogP contribution in [0.25, 0.3) is 0 Å². The second kappa shape index (κ2) is 8.43. The summed E-state index contributed by atoms with van der Waals surface area (Å²) in [5.74, 6) is 0.0157. The molecule has 1 heterocycles. The highest BCUT2D eigenvalue weighted by atomic mass is 32.2. The maximum Gasteiger partial charge on any atom is 0.264 e. The monoisotopic (exact) mass is 436 g/mol. The Labute approximate surface area is 182 Å². The van der Waals surface area contributed by atoms with E-state index < -0.39 is 16.1 Å². The van der Waals surface area contributed by atoms with E-state index in [0.717, 1.165) is 16.7 Å². The van der Waals surface area contributed by atoms with Crippen molar-refractivity contribution in [2.45, 2.75) is 31.4 Å². The van der Waals surface area contributed by atoms with E-state index in [4.69, 9.17) is 4.74 Å². The highest BCUT2D eigenvalue weighted by molar-refractivity contribution is 7.92. The lowest BCUT2D eigenvalue weighted by Crippen LogP contribution is -2.50. The molecule has 3 aromatic carbocycles. The van der Waals surface area contributed by atoms with Crippen LogP contribution in [0.3, 0.4) is 0 Å². The van der Waals surface area contributed by atoms with Crippen molar-refractivity contribution in [1.82, 2.24) is 5.32 Å². The smallest absolute Gasteiger partial charge is 0.264 e. The molecule has 0 spiro atoms. The topological polar surface area (TPSA) is 75.7 Å². The van der Waals surface area contributed by atoms with Crippen molar-refractivity contribution in [3.8, 4) is 5.75 Å². The Morgan fingerprint density at radius 1 is 1.00 bits per heavy atom. The molecule has 0 saturated heterocycles. The molecule has 31 heavy (non-hydrogen) atoms. The molecule has 1 aliphatic rings. The lowest BCUT2D eigenvalue weighted by Gasteiger charge is -2.35. The minimum Gasteiger partial charge on any atom is -0.476 e. The molecule has 0 aliphatic carbocycles. The number of anilines is 1. The molecule has 7 heteroatoms. The lowest BCUT2D eigenvalue weighted by atomic mass is 10.1. The fraction of sp³-hybridized carbons (Fsp3) is 0.208. The minimum absolute atomic E-state index is 0.104. The lowest BCUT2D eigenvalue weighted by molar-refractivity contribution is -0.127. The number of nitrogens with zero attached hydrogens (tertiary/aromatic N) is 1. The van der Waals surface area contributed by atoms with Gasteiger partial charge in [-0.1, -0.05) is 54.1 Å². The molecule has 160 valence electrons. The minimum atomic E-state index is -3.87. The summed E-state index contributed by atoms with van der Waals surface area (Å²) >= 11 is 0. The van der Waals surface area contributed by atoms with E-state index in [1.807, 2.05) is 50.2 Å². The summed E-state index contributed by atoms with van der Waals surface area (Å²) in [5, 5.41) is 2.85. The van der Waals surface area contributed by atoms with Crippen LogP contribution in [0.5, 0.6) is 5.75 Å². The van der Waals surface area contributed by atoms with Gasteiger partial charge >= 0.3 is 0 Å². The van der Waals surface area contributed by atoms with Crippen LogP contribution in [0.4, 0.5) is 5.69 Å². The first-order valence-electron chi connectivity index (χ1n) is 10.0. The van der Waals surface area contributed by atoms with Crippen LogP contribution in [0, 0.1) is 13.8 Å². The van der Waals surface area contributed by atoms with E-state index in [0.29, 0.717) is 18.0 Å². The van der Waals surface area contributed by atoms with Gasteiger partial charge in [0.25, 0.3) is 15.9 Å². The molecule has 3 aromatic rings. The Hall–Kier alpha value is -3.32. The zero-order valence-corrected chi connectivity index (χ0v) is 18.2. The van der Waals surface area contributed by atoms with E-state index >= 15 is 0 Å². The number of hydrogen-bond donors (Lipinski definition) is 1. The molecule has 4 rings (SSSR count). The van der Waals surface area contributed by atoms with E-state index in [1.165, 1.54) is 4.31 Å². The van der Waals surface area contributed by atoms with Gasteiger partial charge in [-0.15, -0.1) is 0 Å². The van der Waals surface area contributed by atoms with Crippen LogP contribution >= 0.6 is 0 Å². The van der Waals surface area contributed by atoms with Crippen molar-refractivity contribution in [3.63, 3.8) is 0 Å². The molecular formula is C24H24N2O4S. The summed E-state index contributed by atoms with van der Waals surface area (Å²) in [6, 6.07) is 21.5. The third-order valence-corrected chi connectivity index (χ3v) is 6.99. The van der Waals surface area contributed by atoms with Gasteiger partial charge in [0.05, 0.1) is 17.1 Å². The van der Waals surface area contributed by atoms with Crippen LogP contribution in [0.15, 0.2) is 77.7 Å². The maximum atomic E-state index is 13.4. The fourth-order valence-electron chi connectivity index (χ4n) is 3.46. The summed E-state index contributed by atoms with van der Waals surface area (Å²) in [4.78, 5) is 13.0. The molecular weight excluding hydrogens is 412 g/mol. The highest BCUT2D eigenvalue weighted by Crippen LogP contribution is 2.37. The number of fused-ring (bicyclic) bond motifs is 1. The van der Waals surface area contributed by atoms with Crippen LogP contribution in [-0.2, 0) is 21.4 Å². The quantitative estimate of drug-likeness (QED) is 0.663. The molecule has 1 unspecified atom stereocenters. The predicted molar refractivity (Wildman–Crippen MR) is 120 cm³/mol. The van der Waals surface area contributed by atoms with Crippen LogP contribution in [0.2, 0.25) is 0 Å². The number of ether oxygens (including phenoxy) is 1. The number of carbonyl (C=O) groups excluding carboxylic acids is 1. The van der Waals surface area contributed by atoms with Gasteiger partial charge < -0.3 is 10.1 Å². The normalized spacial score (nSPS) is 15.7. The third-order valence-electron chi connectivity index (χ3n) is 5.20. The number of carbonyl (C=O) groups is 1. The van der Waals surface area contributed by atoms with Crippen LogP contribution < -0.4 is 14.4 Å². The Morgan fingerprint density at radius 3 is 2.39 bits per heavy atom. The van der Waals surface area contributed by atoms with E-state index in [9.17, 15) is 13.2 Å². The molecule has 0 saturated carbocycles. The molecule has 6 nitrogen and oxygen atoms in total. The van der Waals surface area contributed by atoms with Crippen molar-refractivity contribution >= 4 is 21.6 Å². The van der Waals surface area contributed by atoms with E-state index in [2.05, 4.69) is 5.32 Å². The Bertz CT molecular complexity index is 1190. The summed E-state index contributed by atoms with van der Waals surface area (Å²) in [6.45, 7) is 4.02. The first-order valence-corrected chi connectivity index (χ1v) is 11.5. The van der Waals surface area contributed by atoms with Crippen LogP contribution in [0.1, 0.15) is 16.7 Å². The van der Waals surface area contributed by atoms with E-state index in [1.54, 1.807) is 36.4 Å². The van der Waals surface area contributed by atoms with Gasteiger partial charge in [-0.3, -0.25) is 9.10 Å². The molecule has 1 amide bonds. The zero-order valence-electron chi connectivity index (χ0n) is 17.4. The third kappa shape index (κ3) is 4.41. The average molecular weight is 437 g/mol. The first-order chi connectivity index (χ1) is 14.8. The van der Waals surface area contributed by atoms with Crippen LogP contribution in [-0.4, -0.2) is 27.0 Å². The molecule has 1 atom stereocenters. The summed E-state index contributed by atoms with van der Waals surface area (Å²) < 4.78 is 34.1. The molecule has 1 aliphatic heterocycles. The van der Waals surface area contributed by atoms with Gasteiger partial charge in [0, 0.05) is 6.54 Å². The second-order valence-electron chi connectivity index (χ2n) is 7.63. The first kappa shape index (κ1) is 20.9. The molecule has 0 fully saturated rings. The molecule has 1 N–H and O–H groups in total. The van der Waals surface area contributed by atoms with Gasteiger partial charge in [0.2, 0.25) is 0 Å². The number of aryl methyl sites for hydroxylation is 2. The Kier molecular flexibility index (Phi) is 5.69. The number of rotatable bonds is 5. The van der Waals surface area contributed by atoms with Gasteiger partial charge in [0.1, 0.15) is 5.75 Å². The summed E-state index contributed by atoms with van der Waals surface area (Å²) in [7, 11) is -3.87. The summed E-state index contributed by atoms with van der Waals surface area (Å²) in [5.41, 5.74) is 3.26. The number of benzene rings is 3. The SMILES string of the molecule is Cc1ccc(S(=O)(=O)N2CC(C(=O)NCc3ccccc3)Oc3cc(C)ccc32)cc1. The molecule has 0 aromatic heterocycles. The van der Waals surface area contributed by atoms with Crippen molar-refractivity contribution in [2.75, 3.05) is 10.8 Å². The summed E-state index contributed by atoms with van der Waals surface area (Å²) in [6.07, 6.45) is -0.960. The highest BCUT2D eigenvalue weighted by Gasteiger charge is 2.37. The standard InChI is InChI=1S/C24H24N2O4S/c1-17-8-11-20(12-9-17)31(28,29)26-16-23(30-22-14-18(2)10-13-21(22)26)24(27)25-15-19-6-4-3-5-7-19/h3-14,23H,15-16H2,1-2H3,(H,25,27). The van der Waals surface area contributed by atoms with Crippen molar-refractivity contribution in [1.29, 1.82) is 0 Å². The fourth-order valence-corrected chi connectivity index (χ4v) is 4.94. The van der Waals surface area contributed by atoms with Crippen molar-refractivity contribution in [3.05, 3.63) is 89.5 Å². The van der Waals surface area contributed by atoms with Gasteiger partial charge in [0.15, 0.2) is 6.10 Å². The average Bonchev–Trinajstić information content (AvgIpc) is 2.77. The molecule has 0 radical (unpaired) electrons. The number of sulfonamides is 1. The molecule has 0 bridgehead atoms. The number of hydrogen-bond acceptors (Lipinski definition) is 4. The number of amides is 1. The van der Waals surface area contributed by atoms with Crippen molar-refractivity contribution < 1.29 is 17.9 Å². The van der Waals surface area contributed by atoms with E-state index in [-0.39, 0.29) is 17.3 Å².